The zero-order valence-electron chi connectivity index (χ0n) is 10.1. The van der Waals surface area contributed by atoms with Crippen LogP contribution in [-0.4, -0.2) is 25.3 Å². The van der Waals surface area contributed by atoms with E-state index < -0.39 is 0 Å². The van der Waals surface area contributed by atoms with Crippen molar-refractivity contribution < 1.29 is 9.59 Å². The first kappa shape index (κ1) is 16.5. The number of Topliss-reactive ketones (excluding diaryl/α,β-unsaturated/α-hetero) is 1. The molecule has 1 amide bonds. The average molecular weight is 216 g/mol. The van der Waals surface area contributed by atoms with Gasteiger partial charge in [-0.2, -0.15) is 0 Å². The van der Waals surface area contributed by atoms with Crippen LogP contribution in [0.5, 0.6) is 0 Å². The summed E-state index contributed by atoms with van der Waals surface area (Å²) in [7, 11) is 1.96. The van der Waals surface area contributed by atoms with Gasteiger partial charge in [0.1, 0.15) is 5.78 Å². The first-order valence-corrected chi connectivity index (χ1v) is 5.46. The van der Waals surface area contributed by atoms with Crippen LogP contribution < -0.4 is 11.1 Å². The lowest BCUT2D eigenvalue weighted by molar-refractivity contribution is -0.119. The molecule has 4 nitrogen and oxygen atoms in total. The van der Waals surface area contributed by atoms with Gasteiger partial charge in [-0.1, -0.05) is 6.92 Å². The molecule has 0 saturated heterocycles. The van der Waals surface area contributed by atoms with Crippen molar-refractivity contribution in [3.8, 4) is 0 Å². The molecule has 0 aliphatic carbocycles. The zero-order chi connectivity index (χ0) is 12.1. The smallest absolute Gasteiger partial charge is 0.217 e. The molecule has 0 aromatic rings. The molecule has 0 aliphatic rings. The first-order chi connectivity index (χ1) is 7.04. The maximum atomic E-state index is 10.4. The van der Waals surface area contributed by atoms with E-state index in [1.807, 2.05) is 7.05 Å². The molecule has 0 bridgehead atoms. The fourth-order valence-electron chi connectivity index (χ4n) is 0.923. The topological polar surface area (TPSA) is 72.2 Å². The number of primary amides is 1. The van der Waals surface area contributed by atoms with Gasteiger partial charge in [-0.05, 0) is 39.8 Å². The molecule has 0 heterocycles. The van der Waals surface area contributed by atoms with E-state index in [2.05, 4.69) is 12.2 Å². The van der Waals surface area contributed by atoms with Crippen molar-refractivity contribution in [2.75, 3.05) is 13.6 Å². The second-order valence-corrected chi connectivity index (χ2v) is 3.48. The summed E-state index contributed by atoms with van der Waals surface area (Å²) in [4.78, 5) is 20.6. The van der Waals surface area contributed by atoms with Gasteiger partial charge in [0.25, 0.3) is 0 Å². The Morgan fingerprint density at radius 2 is 1.73 bits per heavy atom. The third-order valence-corrected chi connectivity index (χ3v) is 1.70. The number of rotatable bonds is 7. The highest BCUT2D eigenvalue weighted by Gasteiger charge is 1.95. The molecule has 0 aromatic carbocycles. The number of carbonyl (C=O) groups excluding carboxylic acids is 2. The fourth-order valence-corrected chi connectivity index (χ4v) is 0.923. The van der Waals surface area contributed by atoms with E-state index in [1.165, 1.54) is 6.42 Å². The summed E-state index contributed by atoms with van der Waals surface area (Å²) in [6, 6.07) is 0. The second-order valence-electron chi connectivity index (χ2n) is 3.48. The van der Waals surface area contributed by atoms with Gasteiger partial charge in [-0.25, -0.2) is 0 Å². The Balaban J connectivity index is 0. The molecule has 0 saturated carbocycles. The Bertz CT molecular complexity index is 152. The minimum absolute atomic E-state index is 0.171. The average Bonchev–Trinajstić information content (AvgIpc) is 2.14. The molecule has 0 aliphatic heterocycles. The number of hydrogen-bond donors (Lipinski definition) is 2. The quantitative estimate of drug-likeness (QED) is 0.629. The standard InChI is InChI=1S/C7H13NO2.C4H11N/c1-6(9)4-2-3-5-7(8)10;1-3-4-5-2/h2-5H2,1H3,(H2,8,10);5H,3-4H2,1-2H3. The van der Waals surface area contributed by atoms with Crippen LogP contribution in [0.2, 0.25) is 0 Å². The largest absolute Gasteiger partial charge is 0.370 e. The summed E-state index contributed by atoms with van der Waals surface area (Å²) in [5.41, 5.74) is 4.89. The maximum Gasteiger partial charge on any atom is 0.217 e. The van der Waals surface area contributed by atoms with Crippen molar-refractivity contribution >= 4 is 11.7 Å². The molecule has 15 heavy (non-hydrogen) atoms. The third kappa shape index (κ3) is 24.6. The van der Waals surface area contributed by atoms with E-state index in [0.717, 1.165) is 19.4 Å². The van der Waals surface area contributed by atoms with Crippen molar-refractivity contribution in [2.45, 2.75) is 46.0 Å². The highest BCUT2D eigenvalue weighted by molar-refractivity contribution is 5.75. The van der Waals surface area contributed by atoms with Crippen LogP contribution in [0.4, 0.5) is 0 Å². The molecular formula is C11H24N2O2. The van der Waals surface area contributed by atoms with Crippen LogP contribution >= 0.6 is 0 Å². The normalized spacial score (nSPS) is 9.00. The van der Waals surface area contributed by atoms with Crippen molar-refractivity contribution in [2.24, 2.45) is 5.73 Å². The van der Waals surface area contributed by atoms with Gasteiger partial charge in [0.2, 0.25) is 5.91 Å². The third-order valence-electron chi connectivity index (χ3n) is 1.70. The van der Waals surface area contributed by atoms with E-state index in [-0.39, 0.29) is 11.7 Å². The summed E-state index contributed by atoms with van der Waals surface area (Å²) < 4.78 is 0. The molecule has 0 unspecified atom stereocenters. The molecule has 4 heteroatoms. The number of unbranched alkanes of at least 4 members (excludes halogenated alkanes) is 1. The fraction of sp³-hybridized carbons (Fsp3) is 0.818. The van der Waals surface area contributed by atoms with E-state index in [9.17, 15) is 9.59 Å². The second kappa shape index (κ2) is 13.1. The van der Waals surface area contributed by atoms with Gasteiger partial charge in [0.05, 0.1) is 0 Å². The highest BCUT2D eigenvalue weighted by atomic mass is 16.1. The number of nitrogens with one attached hydrogen (secondary N) is 1. The minimum atomic E-state index is -0.288. The maximum absolute atomic E-state index is 10.4. The lowest BCUT2D eigenvalue weighted by Gasteiger charge is -1.93. The predicted molar refractivity (Wildman–Crippen MR) is 62.6 cm³/mol. The van der Waals surface area contributed by atoms with Gasteiger partial charge in [-0.15, -0.1) is 0 Å². The lowest BCUT2D eigenvalue weighted by Crippen LogP contribution is -2.09. The Morgan fingerprint density at radius 3 is 2.00 bits per heavy atom. The molecule has 0 fully saturated rings. The van der Waals surface area contributed by atoms with Crippen molar-refractivity contribution in [3.05, 3.63) is 0 Å². The van der Waals surface area contributed by atoms with Crippen LogP contribution in [0.3, 0.4) is 0 Å². The van der Waals surface area contributed by atoms with Gasteiger partial charge in [0.15, 0.2) is 0 Å². The van der Waals surface area contributed by atoms with Crippen molar-refractivity contribution in [1.29, 1.82) is 0 Å². The predicted octanol–water partition coefficient (Wildman–Crippen LogP) is 1.24. The first-order valence-electron chi connectivity index (χ1n) is 5.46. The number of carbonyl (C=O) groups is 2. The SMILES string of the molecule is CC(=O)CCCCC(N)=O.CCCNC. The Hall–Kier alpha value is -0.900. The summed E-state index contributed by atoms with van der Waals surface area (Å²) in [5, 5.41) is 3.02. The van der Waals surface area contributed by atoms with Gasteiger partial charge in [0, 0.05) is 12.8 Å². The monoisotopic (exact) mass is 216 g/mol. The summed E-state index contributed by atoms with van der Waals surface area (Å²) in [5.74, 6) is -0.118. The molecule has 3 N–H and O–H groups in total. The van der Waals surface area contributed by atoms with E-state index in [4.69, 9.17) is 5.73 Å². The van der Waals surface area contributed by atoms with Crippen LogP contribution in [0.15, 0.2) is 0 Å². The minimum Gasteiger partial charge on any atom is -0.370 e. The van der Waals surface area contributed by atoms with Crippen LogP contribution in [-0.2, 0) is 9.59 Å². The lowest BCUT2D eigenvalue weighted by atomic mass is 10.1. The van der Waals surface area contributed by atoms with Gasteiger partial charge in [-0.3, -0.25) is 4.79 Å². The molecule has 0 spiro atoms. The van der Waals surface area contributed by atoms with Gasteiger partial charge < -0.3 is 15.8 Å². The zero-order valence-corrected chi connectivity index (χ0v) is 10.1. The van der Waals surface area contributed by atoms with Crippen molar-refractivity contribution in [3.63, 3.8) is 0 Å². The number of amides is 1. The van der Waals surface area contributed by atoms with Crippen LogP contribution in [0, 0.1) is 0 Å². The van der Waals surface area contributed by atoms with E-state index >= 15 is 0 Å². The Kier molecular flexibility index (Phi) is 14.4. The van der Waals surface area contributed by atoms with Crippen LogP contribution in [0.1, 0.15) is 46.0 Å². The molecule has 0 atom stereocenters. The van der Waals surface area contributed by atoms with Crippen molar-refractivity contribution in [1.82, 2.24) is 5.32 Å². The summed E-state index contributed by atoms with van der Waals surface area (Å²) in [6.45, 7) is 4.83. The summed E-state index contributed by atoms with van der Waals surface area (Å²) >= 11 is 0. The van der Waals surface area contributed by atoms with Crippen LogP contribution in [0.25, 0.3) is 0 Å². The molecule has 90 valence electrons. The Morgan fingerprint density at radius 1 is 1.20 bits per heavy atom. The molecule has 0 aromatic heterocycles. The molecular weight excluding hydrogens is 192 g/mol. The number of ketones is 1. The Labute approximate surface area is 92.6 Å². The van der Waals surface area contributed by atoms with E-state index in [0.29, 0.717) is 12.8 Å². The molecule has 0 radical (unpaired) electrons. The molecule has 0 rings (SSSR count). The highest BCUT2D eigenvalue weighted by Crippen LogP contribution is 1.98. The van der Waals surface area contributed by atoms with E-state index in [1.54, 1.807) is 6.92 Å². The number of hydrogen-bond acceptors (Lipinski definition) is 3. The number of nitrogens with two attached hydrogens (primary N) is 1. The summed E-state index contributed by atoms with van der Waals surface area (Å²) in [6.07, 6.45) is 3.70. The van der Waals surface area contributed by atoms with Gasteiger partial charge >= 0.3 is 0 Å².